The maximum atomic E-state index is 12.6. The number of likely N-dealkylation sites (tertiary alicyclic amines) is 1. The van der Waals surface area contributed by atoms with Crippen molar-refractivity contribution in [3.8, 4) is 0 Å². The number of carbonyl (C=O) groups excluding carboxylic acids is 2. The number of nitrogens with one attached hydrogen (secondary N) is 1. The summed E-state index contributed by atoms with van der Waals surface area (Å²) in [5.74, 6) is -0.580. The zero-order chi connectivity index (χ0) is 21.2. The Kier molecular flexibility index (Phi) is 6.60. The van der Waals surface area contributed by atoms with Crippen molar-refractivity contribution >= 4 is 52.6 Å². The minimum atomic E-state index is -4.54. The molecule has 11 heteroatoms. The minimum Gasteiger partial charge on any atom is -0.367 e. The Morgan fingerprint density at radius 2 is 1.90 bits per heavy atom. The van der Waals surface area contributed by atoms with Crippen LogP contribution in [0.25, 0.3) is 0 Å². The molecule has 0 radical (unpaired) electrons. The summed E-state index contributed by atoms with van der Waals surface area (Å²) in [5.41, 5.74) is -0.958. The van der Waals surface area contributed by atoms with E-state index in [0.717, 1.165) is 15.9 Å². The fraction of sp³-hybridized carbons (Fsp3) is 0.278. The van der Waals surface area contributed by atoms with Crippen LogP contribution in [-0.2, 0) is 15.8 Å². The molecule has 29 heavy (non-hydrogen) atoms. The summed E-state index contributed by atoms with van der Waals surface area (Å²) in [7, 11) is 0. The summed E-state index contributed by atoms with van der Waals surface area (Å²) in [5, 5.41) is 2.60. The first kappa shape index (κ1) is 21.7. The Hall–Kier alpha value is -1.97. The predicted octanol–water partition coefficient (Wildman–Crippen LogP) is 4.74. The van der Waals surface area contributed by atoms with Crippen molar-refractivity contribution in [2.45, 2.75) is 22.7 Å². The third-order valence-electron chi connectivity index (χ3n) is 4.09. The molecule has 2 amide bonds. The van der Waals surface area contributed by atoms with Crippen LogP contribution in [-0.4, -0.2) is 40.0 Å². The molecule has 1 aliphatic rings. The molecule has 0 saturated carbocycles. The van der Waals surface area contributed by atoms with Crippen LogP contribution in [0.2, 0.25) is 10.0 Å². The van der Waals surface area contributed by atoms with Gasteiger partial charge in [-0.3, -0.25) is 14.5 Å². The second-order valence-corrected chi connectivity index (χ2v) is 8.25. The summed E-state index contributed by atoms with van der Waals surface area (Å²) in [4.78, 5) is 30.3. The number of hydrogen-bond acceptors (Lipinski definition) is 5. The number of thioether (sulfide) groups is 1. The van der Waals surface area contributed by atoms with Crippen molar-refractivity contribution < 1.29 is 22.8 Å². The second kappa shape index (κ2) is 8.81. The van der Waals surface area contributed by atoms with E-state index >= 15 is 0 Å². The smallest absolute Gasteiger partial charge is 0.367 e. The lowest BCUT2D eigenvalue weighted by molar-refractivity contribution is -0.139. The molecule has 1 saturated heterocycles. The molecule has 0 unspecified atom stereocenters. The van der Waals surface area contributed by atoms with Gasteiger partial charge in [-0.1, -0.05) is 23.2 Å². The van der Waals surface area contributed by atoms with Gasteiger partial charge in [-0.2, -0.15) is 13.2 Å². The number of carbonyl (C=O) groups is 2. The molecule has 0 bridgehead atoms. The van der Waals surface area contributed by atoms with Crippen LogP contribution < -0.4 is 5.32 Å². The standard InChI is InChI=1S/C18H14Cl2F3N3O2S/c19-11-1-3-12(4-2-11)29-14-8-15(27)26(17(14)28)6-5-24-16-13(20)7-10(9-25-16)18(21,22)23/h1-4,7,9,14H,5-6,8H2,(H,24,25)/t14-/m0/s1. The fourth-order valence-electron chi connectivity index (χ4n) is 2.67. The van der Waals surface area contributed by atoms with E-state index < -0.39 is 17.0 Å². The third-order valence-corrected chi connectivity index (χ3v) is 5.83. The first-order chi connectivity index (χ1) is 13.6. The topological polar surface area (TPSA) is 62.3 Å². The van der Waals surface area contributed by atoms with Crippen molar-refractivity contribution in [3.05, 3.63) is 52.1 Å². The van der Waals surface area contributed by atoms with Crippen LogP contribution in [0.5, 0.6) is 0 Å². The maximum absolute atomic E-state index is 12.6. The molecule has 0 aliphatic carbocycles. The molecule has 2 aromatic rings. The largest absolute Gasteiger partial charge is 0.417 e. The van der Waals surface area contributed by atoms with Gasteiger partial charge < -0.3 is 5.32 Å². The number of nitrogens with zero attached hydrogens (tertiary/aromatic N) is 2. The number of halogens is 5. The molecule has 5 nitrogen and oxygen atoms in total. The van der Waals surface area contributed by atoms with E-state index in [1.807, 2.05) is 0 Å². The number of pyridine rings is 1. The Balaban J connectivity index is 1.56. The van der Waals surface area contributed by atoms with Crippen molar-refractivity contribution in [1.82, 2.24) is 9.88 Å². The summed E-state index contributed by atoms with van der Waals surface area (Å²) in [6.45, 7) is 0.155. The second-order valence-electron chi connectivity index (χ2n) is 6.13. The lowest BCUT2D eigenvalue weighted by atomic mass is 10.3. The summed E-state index contributed by atoms with van der Waals surface area (Å²) < 4.78 is 37.9. The summed E-state index contributed by atoms with van der Waals surface area (Å²) in [6.07, 6.45) is -3.80. The van der Waals surface area contributed by atoms with Gasteiger partial charge >= 0.3 is 6.18 Å². The van der Waals surface area contributed by atoms with Crippen LogP contribution in [0.3, 0.4) is 0 Å². The van der Waals surface area contributed by atoms with Gasteiger partial charge in [0.15, 0.2) is 0 Å². The van der Waals surface area contributed by atoms with Crippen LogP contribution in [0, 0.1) is 0 Å². The van der Waals surface area contributed by atoms with Gasteiger partial charge in [0.2, 0.25) is 11.8 Å². The van der Waals surface area contributed by atoms with E-state index in [4.69, 9.17) is 23.2 Å². The number of benzene rings is 1. The number of imide groups is 1. The summed E-state index contributed by atoms with van der Waals surface area (Å²) in [6, 6.07) is 7.71. The average molecular weight is 464 g/mol. The number of alkyl halides is 3. The molecule has 1 aromatic carbocycles. The molecule has 3 rings (SSSR count). The van der Waals surface area contributed by atoms with E-state index in [2.05, 4.69) is 10.3 Å². The average Bonchev–Trinajstić information content (AvgIpc) is 2.91. The van der Waals surface area contributed by atoms with Gasteiger partial charge in [-0.25, -0.2) is 4.98 Å². The molecular weight excluding hydrogens is 450 g/mol. The summed E-state index contributed by atoms with van der Waals surface area (Å²) >= 11 is 12.9. The van der Waals surface area contributed by atoms with Gasteiger partial charge in [-0.05, 0) is 30.3 Å². The fourth-order valence-corrected chi connectivity index (χ4v) is 4.10. The van der Waals surface area contributed by atoms with Crippen molar-refractivity contribution in [2.24, 2.45) is 0 Å². The molecular formula is C18H14Cl2F3N3O2S. The van der Waals surface area contributed by atoms with Crippen LogP contribution >= 0.6 is 35.0 Å². The van der Waals surface area contributed by atoms with E-state index in [1.54, 1.807) is 24.3 Å². The number of aromatic nitrogens is 1. The first-order valence-corrected chi connectivity index (χ1v) is 10.0. The van der Waals surface area contributed by atoms with E-state index in [9.17, 15) is 22.8 Å². The normalized spacial score (nSPS) is 17.1. The van der Waals surface area contributed by atoms with Crippen molar-refractivity contribution in [2.75, 3.05) is 18.4 Å². The Morgan fingerprint density at radius 1 is 1.21 bits per heavy atom. The maximum Gasteiger partial charge on any atom is 0.417 e. The van der Waals surface area contributed by atoms with E-state index in [1.165, 1.54) is 11.8 Å². The Bertz CT molecular complexity index is 926. The minimum absolute atomic E-state index is 0.0471. The molecule has 1 aliphatic heterocycles. The lowest BCUT2D eigenvalue weighted by Gasteiger charge is -2.16. The highest BCUT2D eigenvalue weighted by Gasteiger charge is 2.38. The highest BCUT2D eigenvalue weighted by molar-refractivity contribution is 8.00. The molecule has 1 aromatic heterocycles. The highest BCUT2D eigenvalue weighted by Crippen LogP contribution is 2.33. The SMILES string of the molecule is O=C1C[C@H](Sc2ccc(Cl)cc2)C(=O)N1CCNc1ncc(C(F)(F)F)cc1Cl. The molecule has 0 spiro atoms. The highest BCUT2D eigenvalue weighted by atomic mass is 35.5. The lowest BCUT2D eigenvalue weighted by Crippen LogP contribution is -2.35. The number of hydrogen-bond donors (Lipinski definition) is 1. The molecule has 1 N–H and O–H groups in total. The third kappa shape index (κ3) is 5.34. The predicted molar refractivity (Wildman–Crippen MR) is 105 cm³/mol. The van der Waals surface area contributed by atoms with E-state index in [0.29, 0.717) is 11.2 Å². The van der Waals surface area contributed by atoms with Gasteiger partial charge in [0.1, 0.15) is 5.82 Å². The first-order valence-electron chi connectivity index (χ1n) is 8.38. The Morgan fingerprint density at radius 3 is 2.52 bits per heavy atom. The van der Waals surface area contributed by atoms with Gasteiger partial charge in [0.05, 0.1) is 15.8 Å². The zero-order valence-corrected chi connectivity index (χ0v) is 17.0. The van der Waals surface area contributed by atoms with Gasteiger partial charge in [0, 0.05) is 35.6 Å². The van der Waals surface area contributed by atoms with Crippen molar-refractivity contribution in [3.63, 3.8) is 0 Å². The number of amides is 2. The molecule has 1 atom stereocenters. The quantitative estimate of drug-likeness (QED) is 0.626. The van der Waals surface area contributed by atoms with Crippen LogP contribution in [0.15, 0.2) is 41.4 Å². The van der Waals surface area contributed by atoms with Gasteiger partial charge in [0.25, 0.3) is 0 Å². The van der Waals surface area contributed by atoms with Crippen molar-refractivity contribution in [1.29, 1.82) is 0 Å². The van der Waals surface area contributed by atoms with Gasteiger partial charge in [-0.15, -0.1) is 11.8 Å². The molecule has 2 heterocycles. The van der Waals surface area contributed by atoms with E-state index in [-0.39, 0.29) is 42.2 Å². The molecule has 1 fully saturated rings. The van der Waals surface area contributed by atoms with Crippen LogP contribution in [0.4, 0.5) is 19.0 Å². The number of anilines is 1. The zero-order valence-electron chi connectivity index (χ0n) is 14.7. The monoisotopic (exact) mass is 463 g/mol. The van der Waals surface area contributed by atoms with Crippen LogP contribution in [0.1, 0.15) is 12.0 Å². The number of rotatable bonds is 6. The molecule has 154 valence electrons. The Labute approximate surface area is 178 Å².